The number of hydrogen-bond donors (Lipinski definition) is 2. The molecule has 0 spiro atoms. The molecule has 0 saturated carbocycles. The molecule has 6 nitrogen and oxygen atoms in total. The molecule has 1 atom stereocenters. The molecular weight excluding hydrogens is 318 g/mol. The fraction of sp³-hybridized carbons (Fsp3) is 0.632. The summed E-state index contributed by atoms with van der Waals surface area (Å²) in [6, 6.07) is 8.98. The van der Waals surface area contributed by atoms with E-state index in [0.717, 1.165) is 39.0 Å². The summed E-state index contributed by atoms with van der Waals surface area (Å²) in [7, 11) is 1.38. The summed E-state index contributed by atoms with van der Waals surface area (Å²) < 4.78 is 4.60. The highest BCUT2D eigenvalue weighted by Gasteiger charge is 2.18. The number of carbonyl (C=O) groups excluding carboxylic acids is 1. The average Bonchev–Trinajstić information content (AvgIpc) is 2.65. The molecule has 0 aromatic heterocycles. The molecule has 1 aliphatic heterocycles. The van der Waals surface area contributed by atoms with Crippen LogP contribution in [0, 0.1) is 0 Å². The number of alkyl carbamates (subject to hydrolysis) is 1. The van der Waals surface area contributed by atoms with Gasteiger partial charge in [0.15, 0.2) is 0 Å². The molecule has 1 heterocycles. The SMILES string of the molecule is CCN(CCNC(=O)OC)C(C)c1ccc(N2CCC(O)CC2)cc1. The Balaban J connectivity index is 1.91. The van der Waals surface area contributed by atoms with E-state index in [9.17, 15) is 9.90 Å². The molecule has 1 fully saturated rings. The monoisotopic (exact) mass is 349 g/mol. The quantitative estimate of drug-likeness (QED) is 0.791. The van der Waals surface area contributed by atoms with Crippen molar-refractivity contribution in [3.8, 4) is 0 Å². The molecule has 0 radical (unpaired) electrons. The summed E-state index contributed by atoms with van der Waals surface area (Å²) in [5.41, 5.74) is 2.49. The maximum atomic E-state index is 11.2. The van der Waals surface area contributed by atoms with E-state index in [-0.39, 0.29) is 18.2 Å². The third-order valence-electron chi connectivity index (χ3n) is 5.01. The highest BCUT2D eigenvalue weighted by molar-refractivity contribution is 5.66. The van der Waals surface area contributed by atoms with Crippen molar-refractivity contribution >= 4 is 11.8 Å². The molecule has 2 rings (SSSR count). The second kappa shape index (κ2) is 9.63. The molecule has 1 aliphatic rings. The Bertz CT molecular complexity index is 527. The van der Waals surface area contributed by atoms with Gasteiger partial charge in [-0.25, -0.2) is 4.79 Å². The zero-order valence-electron chi connectivity index (χ0n) is 15.6. The number of nitrogens with one attached hydrogen (secondary N) is 1. The summed E-state index contributed by atoms with van der Waals surface area (Å²) in [5, 5.41) is 12.4. The van der Waals surface area contributed by atoms with E-state index in [2.05, 4.69) is 58.0 Å². The van der Waals surface area contributed by atoms with Gasteiger partial charge in [-0.05, 0) is 44.0 Å². The van der Waals surface area contributed by atoms with E-state index in [0.29, 0.717) is 6.54 Å². The highest BCUT2D eigenvalue weighted by Crippen LogP contribution is 2.25. The lowest BCUT2D eigenvalue weighted by atomic mass is 10.0. The Morgan fingerprint density at radius 3 is 2.56 bits per heavy atom. The van der Waals surface area contributed by atoms with Crippen molar-refractivity contribution in [2.24, 2.45) is 0 Å². The number of methoxy groups -OCH3 is 1. The standard InChI is InChI=1S/C19H31N3O3/c1-4-21(14-11-20-19(24)25-3)15(2)16-5-7-17(8-6-16)22-12-9-18(23)10-13-22/h5-8,15,18,23H,4,9-14H2,1-3H3,(H,20,24). The molecule has 140 valence electrons. The predicted octanol–water partition coefficient (Wildman–Crippen LogP) is 2.39. The maximum Gasteiger partial charge on any atom is 0.406 e. The van der Waals surface area contributed by atoms with Crippen molar-refractivity contribution in [2.45, 2.75) is 38.8 Å². The van der Waals surface area contributed by atoms with Crippen LogP contribution < -0.4 is 10.2 Å². The largest absolute Gasteiger partial charge is 0.453 e. The number of hydrogen-bond acceptors (Lipinski definition) is 5. The van der Waals surface area contributed by atoms with Crippen LogP contribution >= 0.6 is 0 Å². The van der Waals surface area contributed by atoms with E-state index < -0.39 is 0 Å². The minimum absolute atomic E-state index is 0.146. The lowest BCUT2D eigenvalue weighted by Crippen LogP contribution is -2.36. The number of benzene rings is 1. The van der Waals surface area contributed by atoms with E-state index in [4.69, 9.17) is 0 Å². The first-order valence-corrected chi connectivity index (χ1v) is 9.14. The van der Waals surface area contributed by atoms with Crippen LogP contribution in [0.4, 0.5) is 10.5 Å². The van der Waals surface area contributed by atoms with Crippen LogP contribution in [-0.2, 0) is 4.74 Å². The van der Waals surface area contributed by atoms with E-state index in [1.165, 1.54) is 18.4 Å². The molecule has 2 N–H and O–H groups in total. The first-order chi connectivity index (χ1) is 12.0. The van der Waals surface area contributed by atoms with Crippen molar-refractivity contribution in [3.05, 3.63) is 29.8 Å². The number of amides is 1. The molecule has 0 aliphatic carbocycles. The molecule has 6 heteroatoms. The third kappa shape index (κ3) is 5.61. The van der Waals surface area contributed by atoms with Gasteiger partial charge in [0, 0.05) is 37.9 Å². The lowest BCUT2D eigenvalue weighted by molar-refractivity contribution is 0.145. The van der Waals surface area contributed by atoms with E-state index in [1.807, 2.05) is 0 Å². The number of carbonyl (C=O) groups is 1. The van der Waals surface area contributed by atoms with Gasteiger partial charge in [0.2, 0.25) is 0 Å². The van der Waals surface area contributed by atoms with Gasteiger partial charge < -0.3 is 20.1 Å². The van der Waals surface area contributed by atoms with Gasteiger partial charge in [-0.15, -0.1) is 0 Å². The van der Waals surface area contributed by atoms with Crippen molar-refractivity contribution in [1.82, 2.24) is 10.2 Å². The molecule has 25 heavy (non-hydrogen) atoms. The van der Waals surface area contributed by atoms with E-state index >= 15 is 0 Å². The molecular formula is C19H31N3O3. The van der Waals surface area contributed by atoms with Gasteiger partial charge in [0.05, 0.1) is 13.2 Å². The number of ether oxygens (including phenoxy) is 1. The van der Waals surface area contributed by atoms with Crippen LogP contribution in [0.25, 0.3) is 0 Å². The summed E-state index contributed by atoms with van der Waals surface area (Å²) in [6.07, 6.45) is 1.15. The van der Waals surface area contributed by atoms with Crippen molar-refractivity contribution < 1.29 is 14.6 Å². The number of anilines is 1. The minimum atomic E-state index is -0.389. The second-order valence-corrected chi connectivity index (χ2v) is 6.53. The number of likely N-dealkylation sites (N-methyl/N-ethyl adjacent to an activating group) is 1. The van der Waals surface area contributed by atoms with Crippen molar-refractivity contribution in [3.63, 3.8) is 0 Å². The van der Waals surface area contributed by atoms with Gasteiger partial charge in [-0.1, -0.05) is 19.1 Å². The van der Waals surface area contributed by atoms with Crippen molar-refractivity contribution in [2.75, 3.05) is 44.7 Å². The molecule has 1 unspecified atom stereocenters. The molecule has 1 aromatic rings. The zero-order chi connectivity index (χ0) is 18.2. The minimum Gasteiger partial charge on any atom is -0.453 e. The zero-order valence-corrected chi connectivity index (χ0v) is 15.6. The Morgan fingerprint density at radius 2 is 2.00 bits per heavy atom. The Morgan fingerprint density at radius 1 is 1.36 bits per heavy atom. The third-order valence-corrected chi connectivity index (χ3v) is 5.01. The summed E-state index contributed by atoms with van der Waals surface area (Å²) in [5.74, 6) is 0. The maximum absolute atomic E-state index is 11.2. The lowest BCUT2D eigenvalue weighted by Gasteiger charge is -2.32. The first kappa shape index (κ1) is 19.5. The van der Waals surface area contributed by atoms with Gasteiger partial charge in [0.1, 0.15) is 0 Å². The first-order valence-electron chi connectivity index (χ1n) is 9.14. The predicted molar refractivity (Wildman–Crippen MR) is 100.0 cm³/mol. The second-order valence-electron chi connectivity index (χ2n) is 6.53. The Labute approximate surface area is 150 Å². The van der Waals surface area contributed by atoms with Gasteiger partial charge >= 0.3 is 6.09 Å². The van der Waals surface area contributed by atoms with Crippen LogP contribution in [0.1, 0.15) is 38.3 Å². The smallest absolute Gasteiger partial charge is 0.406 e. The highest BCUT2D eigenvalue weighted by atomic mass is 16.5. The Hall–Kier alpha value is -1.79. The van der Waals surface area contributed by atoms with Crippen LogP contribution in [0.3, 0.4) is 0 Å². The number of nitrogens with zero attached hydrogens (tertiary/aromatic N) is 2. The molecule has 0 bridgehead atoms. The van der Waals surface area contributed by atoms with Gasteiger partial charge in [-0.2, -0.15) is 0 Å². The average molecular weight is 349 g/mol. The summed E-state index contributed by atoms with van der Waals surface area (Å²) in [4.78, 5) is 15.8. The number of aliphatic hydroxyl groups is 1. The summed E-state index contributed by atoms with van der Waals surface area (Å²) >= 11 is 0. The van der Waals surface area contributed by atoms with Crippen LogP contribution in [0.2, 0.25) is 0 Å². The fourth-order valence-electron chi connectivity index (χ4n) is 3.30. The summed E-state index contributed by atoms with van der Waals surface area (Å²) in [6.45, 7) is 8.40. The Kier molecular flexibility index (Phi) is 7.52. The molecule has 1 aromatic carbocycles. The number of rotatable bonds is 7. The van der Waals surface area contributed by atoms with E-state index in [1.54, 1.807) is 0 Å². The molecule has 1 saturated heterocycles. The normalized spacial score (nSPS) is 16.8. The van der Waals surface area contributed by atoms with Gasteiger partial charge in [-0.3, -0.25) is 4.90 Å². The number of aliphatic hydroxyl groups excluding tert-OH is 1. The fourth-order valence-corrected chi connectivity index (χ4v) is 3.30. The molecule has 1 amide bonds. The van der Waals surface area contributed by atoms with Crippen molar-refractivity contribution in [1.29, 1.82) is 0 Å². The topological polar surface area (TPSA) is 65.0 Å². The van der Waals surface area contributed by atoms with Gasteiger partial charge in [0.25, 0.3) is 0 Å². The van der Waals surface area contributed by atoms with Crippen LogP contribution in [0.15, 0.2) is 24.3 Å². The van der Waals surface area contributed by atoms with Crippen LogP contribution in [-0.4, -0.2) is 62.0 Å². The van der Waals surface area contributed by atoms with Crippen LogP contribution in [0.5, 0.6) is 0 Å². The number of piperidine rings is 1.